The lowest BCUT2D eigenvalue weighted by Gasteiger charge is -2.04. The quantitative estimate of drug-likeness (QED) is 0.819. The Kier molecular flexibility index (Phi) is 3.00. The molecule has 0 radical (unpaired) electrons. The van der Waals surface area contributed by atoms with Gasteiger partial charge in [0.1, 0.15) is 5.82 Å². The predicted molar refractivity (Wildman–Crippen MR) is 63.4 cm³/mol. The van der Waals surface area contributed by atoms with Crippen molar-refractivity contribution >= 4 is 5.82 Å². The van der Waals surface area contributed by atoms with Crippen LogP contribution in [-0.2, 0) is 6.54 Å². The molecule has 0 aliphatic heterocycles. The highest BCUT2D eigenvalue weighted by molar-refractivity contribution is 5.33. The maximum Gasteiger partial charge on any atom is 0.252 e. The molecule has 16 heavy (non-hydrogen) atoms. The maximum atomic E-state index is 11.0. The van der Waals surface area contributed by atoms with Gasteiger partial charge in [-0.05, 0) is 12.5 Å². The Morgan fingerprint density at radius 1 is 1.31 bits per heavy atom. The summed E-state index contributed by atoms with van der Waals surface area (Å²) in [6, 6.07) is 9.66. The molecule has 4 heteroatoms. The van der Waals surface area contributed by atoms with Crippen LogP contribution in [0.2, 0.25) is 0 Å². The van der Waals surface area contributed by atoms with Crippen LogP contribution in [0.15, 0.2) is 41.5 Å². The SMILES string of the molecule is Cc1ccc(CNc2cc(=O)[nH]cn2)cc1. The summed E-state index contributed by atoms with van der Waals surface area (Å²) in [6.07, 6.45) is 1.39. The highest BCUT2D eigenvalue weighted by atomic mass is 16.1. The van der Waals surface area contributed by atoms with Crippen LogP contribution in [0.1, 0.15) is 11.1 Å². The van der Waals surface area contributed by atoms with Crippen LogP contribution < -0.4 is 10.9 Å². The molecule has 0 unspecified atom stereocenters. The summed E-state index contributed by atoms with van der Waals surface area (Å²) in [5.41, 5.74) is 2.24. The number of anilines is 1. The first kappa shape index (κ1) is 10.4. The van der Waals surface area contributed by atoms with Crippen LogP contribution in [0.25, 0.3) is 0 Å². The second kappa shape index (κ2) is 4.61. The standard InChI is InChI=1S/C12H13N3O/c1-9-2-4-10(5-3-9)7-13-11-6-12(16)15-8-14-11/h2-6,8H,7H2,1H3,(H2,13,14,15,16). The number of hydrogen-bond acceptors (Lipinski definition) is 3. The van der Waals surface area contributed by atoms with Crippen LogP contribution in [0.3, 0.4) is 0 Å². The normalized spacial score (nSPS) is 10.1. The molecule has 0 amide bonds. The first-order chi connectivity index (χ1) is 7.74. The molecule has 0 bridgehead atoms. The molecule has 0 fully saturated rings. The van der Waals surface area contributed by atoms with Crippen molar-refractivity contribution in [3.05, 3.63) is 58.1 Å². The van der Waals surface area contributed by atoms with Crippen LogP contribution in [0, 0.1) is 6.92 Å². The van der Waals surface area contributed by atoms with E-state index in [0.29, 0.717) is 12.4 Å². The average Bonchev–Trinajstić information content (AvgIpc) is 2.28. The Bertz CT molecular complexity index is 516. The number of nitrogens with zero attached hydrogens (tertiary/aromatic N) is 1. The minimum atomic E-state index is -0.151. The molecule has 2 aromatic rings. The zero-order valence-electron chi connectivity index (χ0n) is 9.03. The largest absolute Gasteiger partial charge is 0.366 e. The molecule has 0 spiro atoms. The molecule has 1 aromatic carbocycles. The number of nitrogens with one attached hydrogen (secondary N) is 2. The smallest absolute Gasteiger partial charge is 0.252 e. The molecular formula is C12H13N3O. The molecule has 0 saturated carbocycles. The minimum Gasteiger partial charge on any atom is -0.366 e. The van der Waals surface area contributed by atoms with Gasteiger partial charge in [-0.3, -0.25) is 4.79 Å². The fraction of sp³-hybridized carbons (Fsp3) is 0.167. The van der Waals surface area contributed by atoms with Crippen LogP contribution in [0.4, 0.5) is 5.82 Å². The van der Waals surface area contributed by atoms with Gasteiger partial charge in [0.05, 0.1) is 6.33 Å². The number of aromatic nitrogens is 2. The highest BCUT2D eigenvalue weighted by Gasteiger charge is 1.95. The summed E-state index contributed by atoms with van der Waals surface area (Å²) in [5, 5.41) is 3.09. The first-order valence-electron chi connectivity index (χ1n) is 5.08. The second-order valence-electron chi connectivity index (χ2n) is 3.64. The van der Waals surface area contributed by atoms with Crippen molar-refractivity contribution < 1.29 is 0 Å². The molecule has 1 heterocycles. The summed E-state index contributed by atoms with van der Waals surface area (Å²) < 4.78 is 0. The van der Waals surface area contributed by atoms with E-state index in [9.17, 15) is 4.79 Å². The zero-order chi connectivity index (χ0) is 11.4. The number of hydrogen-bond donors (Lipinski definition) is 2. The van der Waals surface area contributed by atoms with Crippen molar-refractivity contribution in [2.24, 2.45) is 0 Å². The number of rotatable bonds is 3. The predicted octanol–water partition coefficient (Wildman–Crippen LogP) is 1.69. The average molecular weight is 215 g/mol. The summed E-state index contributed by atoms with van der Waals surface area (Å²) >= 11 is 0. The van der Waals surface area contributed by atoms with Gasteiger partial charge in [0.15, 0.2) is 0 Å². The molecule has 0 aliphatic carbocycles. The van der Waals surface area contributed by atoms with Crippen LogP contribution >= 0.6 is 0 Å². The summed E-state index contributed by atoms with van der Waals surface area (Å²) in [6.45, 7) is 2.71. The van der Waals surface area contributed by atoms with Crippen LogP contribution in [0.5, 0.6) is 0 Å². The molecular weight excluding hydrogens is 202 g/mol. The Morgan fingerprint density at radius 2 is 2.06 bits per heavy atom. The van der Waals surface area contributed by atoms with E-state index in [4.69, 9.17) is 0 Å². The van der Waals surface area contributed by atoms with E-state index in [1.54, 1.807) is 0 Å². The molecule has 2 N–H and O–H groups in total. The van der Waals surface area contributed by atoms with E-state index in [2.05, 4.69) is 46.5 Å². The lowest BCUT2D eigenvalue weighted by atomic mass is 10.1. The Hall–Kier alpha value is -2.10. The number of aromatic amines is 1. The van der Waals surface area contributed by atoms with E-state index < -0.39 is 0 Å². The van der Waals surface area contributed by atoms with Gasteiger partial charge in [0, 0.05) is 12.6 Å². The van der Waals surface area contributed by atoms with Gasteiger partial charge in [-0.2, -0.15) is 0 Å². The molecule has 0 saturated heterocycles. The molecule has 0 atom stereocenters. The molecule has 2 rings (SSSR count). The Labute approximate surface area is 93.4 Å². The summed E-state index contributed by atoms with van der Waals surface area (Å²) in [7, 11) is 0. The number of aryl methyl sites for hydroxylation is 1. The third kappa shape index (κ3) is 2.70. The van der Waals surface area contributed by atoms with Crippen molar-refractivity contribution in [1.29, 1.82) is 0 Å². The molecule has 1 aromatic heterocycles. The molecule has 82 valence electrons. The minimum absolute atomic E-state index is 0.151. The lowest BCUT2D eigenvalue weighted by molar-refractivity contribution is 1.06. The van der Waals surface area contributed by atoms with E-state index in [1.807, 2.05) is 0 Å². The summed E-state index contributed by atoms with van der Waals surface area (Å²) in [4.78, 5) is 17.5. The third-order valence-electron chi connectivity index (χ3n) is 2.27. The van der Waals surface area contributed by atoms with E-state index in [1.165, 1.54) is 18.0 Å². The lowest BCUT2D eigenvalue weighted by Crippen LogP contribution is -2.08. The van der Waals surface area contributed by atoms with Gasteiger partial charge < -0.3 is 10.3 Å². The summed E-state index contributed by atoms with van der Waals surface area (Å²) in [5.74, 6) is 0.587. The topological polar surface area (TPSA) is 57.8 Å². The van der Waals surface area contributed by atoms with Crippen molar-refractivity contribution in [2.75, 3.05) is 5.32 Å². The fourth-order valence-electron chi connectivity index (χ4n) is 1.36. The number of benzene rings is 1. The molecule has 4 nitrogen and oxygen atoms in total. The Morgan fingerprint density at radius 3 is 2.75 bits per heavy atom. The van der Waals surface area contributed by atoms with E-state index in [0.717, 1.165) is 5.56 Å². The van der Waals surface area contributed by atoms with Crippen molar-refractivity contribution in [3.8, 4) is 0 Å². The zero-order valence-corrected chi connectivity index (χ0v) is 9.03. The van der Waals surface area contributed by atoms with Gasteiger partial charge in [-0.15, -0.1) is 0 Å². The Balaban J connectivity index is 2.02. The van der Waals surface area contributed by atoms with E-state index >= 15 is 0 Å². The molecule has 0 aliphatic rings. The van der Waals surface area contributed by atoms with Gasteiger partial charge in [-0.25, -0.2) is 4.98 Å². The van der Waals surface area contributed by atoms with Crippen molar-refractivity contribution in [3.63, 3.8) is 0 Å². The van der Waals surface area contributed by atoms with E-state index in [-0.39, 0.29) is 5.56 Å². The van der Waals surface area contributed by atoms with Gasteiger partial charge >= 0.3 is 0 Å². The van der Waals surface area contributed by atoms with Crippen LogP contribution in [-0.4, -0.2) is 9.97 Å². The fourth-order valence-corrected chi connectivity index (χ4v) is 1.36. The van der Waals surface area contributed by atoms with Gasteiger partial charge in [0.25, 0.3) is 5.56 Å². The number of H-pyrrole nitrogens is 1. The van der Waals surface area contributed by atoms with Crippen molar-refractivity contribution in [1.82, 2.24) is 9.97 Å². The maximum absolute atomic E-state index is 11.0. The van der Waals surface area contributed by atoms with Gasteiger partial charge in [0.2, 0.25) is 0 Å². The monoisotopic (exact) mass is 215 g/mol. The third-order valence-corrected chi connectivity index (χ3v) is 2.27. The van der Waals surface area contributed by atoms with Gasteiger partial charge in [-0.1, -0.05) is 29.8 Å². The van der Waals surface area contributed by atoms with Crippen molar-refractivity contribution in [2.45, 2.75) is 13.5 Å². The second-order valence-corrected chi connectivity index (χ2v) is 3.64. The highest BCUT2D eigenvalue weighted by Crippen LogP contribution is 2.05. The first-order valence-corrected chi connectivity index (χ1v) is 5.08.